The monoisotopic (exact) mass is 518 g/mol. The van der Waals surface area contributed by atoms with Crippen LogP contribution in [0.2, 0.25) is 0 Å². The van der Waals surface area contributed by atoms with E-state index in [-0.39, 0.29) is 11.1 Å². The summed E-state index contributed by atoms with van der Waals surface area (Å²) in [6.45, 7) is 0. The van der Waals surface area contributed by atoms with Crippen molar-refractivity contribution >= 4 is 11.4 Å². The van der Waals surface area contributed by atoms with Crippen molar-refractivity contribution in [3.63, 3.8) is 0 Å². The molecule has 192 valence electrons. The average molecular weight is 518 g/mol. The number of alkyl halides is 6. The number of para-hydroxylation sites is 2. The Kier molecular flexibility index (Phi) is 6.68. The van der Waals surface area contributed by atoms with Gasteiger partial charge in [-0.15, -0.1) is 0 Å². The van der Waals surface area contributed by atoms with Crippen LogP contribution < -0.4 is 20.9 Å². The molecular formula is C27H20F6N2O2. The van der Waals surface area contributed by atoms with E-state index in [9.17, 15) is 26.3 Å². The van der Waals surface area contributed by atoms with Crippen molar-refractivity contribution in [2.75, 3.05) is 11.5 Å². The van der Waals surface area contributed by atoms with Gasteiger partial charge in [0.15, 0.2) is 0 Å². The molecule has 0 unspecified atom stereocenters. The standard InChI is InChI=1S/C27H20F6N2O2/c28-26(29,30)25(27(31,32)33,37-21-5-2-1-3-6-21)23-8-4-7-22(24(23)35)17-9-13-19(14-10-17)36-20-15-11-18(34)12-16-20/h1-16H,34-35H2. The SMILES string of the molecule is Nc1ccc(Oc2ccc(-c3cccc(C(Oc4ccccc4)(C(F)(F)F)C(F)(F)F)c3N)cc2)cc1. The molecule has 4 nitrogen and oxygen atoms in total. The molecule has 0 aromatic heterocycles. The van der Waals surface area contributed by atoms with Crippen LogP contribution in [0, 0.1) is 0 Å². The van der Waals surface area contributed by atoms with Crippen LogP contribution >= 0.6 is 0 Å². The Morgan fingerprint density at radius 1 is 0.541 bits per heavy atom. The van der Waals surface area contributed by atoms with Crippen molar-refractivity contribution in [2.45, 2.75) is 18.0 Å². The molecule has 0 radical (unpaired) electrons. The zero-order chi connectivity index (χ0) is 26.8. The number of rotatable bonds is 6. The molecule has 0 heterocycles. The van der Waals surface area contributed by atoms with Gasteiger partial charge in [0.25, 0.3) is 0 Å². The van der Waals surface area contributed by atoms with Gasteiger partial charge < -0.3 is 20.9 Å². The summed E-state index contributed by atoms with van der Waals surface area (Å²) in [5.74, 6) is 0.253. The van der Waals surface area contributed by atoms with E-state index in [0.29, 0.717) is 23.3 Å². The van der Waals surface area contributed by atoms with Gasteiger partial charge in [-0.05, 0) is 54.1 Å². The van der Waals surface area contributed by atoms with Gasteiger partial charge in [0.1, 0.15) is 17.2 Å². The molecule has 0 saturated heterocycles. The first-order valence-electron chi connectivity index (χ1n) is 10.8. The smallest absolute Gasteiger partial charge is 0.442 e. The van der Waals surface area contributed by atoms with Gasteiger partial charge >= 0.3 is 18.0 Å². The summed E-state index contributed by atoms with van der Waals surface area (Å²) in [5, 5.41) is 0. The van der Waals surface area contributed by atoms with Gasteiger partial charge in [0.05, 0.1) is 0 Å². The number of ether oxygens (including phenoxy) is 2. The zero-order valence-corrected chi connectivity index (χ0v) is 19.0. The maximum absolute atomic E-state index is 14.3. The maximum atomic E-state index is 14.3. The zero-order valence-electron chi connectivity index (χ0n) is 19.0. The molecule has 0 aliphatic heterocycles. The van der Waals surface area contributed by atoms with Gasteiger partial charge in [0, 0.05) is 22.5 Å². The molecule has 10 heteroatoms. The first kappa shape index (κ1) is 25.7. The van der Waals surface area contributed by atoms with E-state index in [2.05, 4.69) is 0 Å². The number of benzene rings is 4. The number of halogens is 6. The number of nitrogens with two attached hydrogens (primary N) is 2. The second-order valence-corrected chi connectivity index (χ2v) is 8.05. The second kappa shape index (κ2) is 9.61. The number of hydrogen-bond acceptors (Lipinski definition) is 4. The third-order valence-electron chi connectivity index (χ3n) is 5.58. The van der Waals surface area contributed by atoms with E-state index in [4.69, 9.17) is 20.9 Å². The predicted molar refractivity (Wildman–Crippen MR) is 128 cm³/mol. The molecule has 0 aliphatic carbocycles. The van der Waals surface area contributed by atoms with E-state index in [1.165, 1.54) is 48.5 Å². The van der Waals surface area contributed by atoms with Crippen LogP contribution in [0.5, 0.6) is 17.2 Å². The maximum Gasteiger partial charge on any atom is 0.442 e. The lowest BCUT2D eigenvalue weighted by atomic mass is 9.87. The van der Waals surface area contributed by atoms with Gasteiger partial charge in [-0.2, -0.15) is 26.3 Å². The van der Waals surface area contributed by atoms with Crippen molar-refractivity contribution in [1.29, 1.82) is 0 Å². The molecule has 4 aromatic rings. The Morgan fingerprint density at radius 2 is 1.08 bits per heavy atom. The minimum atomic E-state index is -5.90. The highest BCUT2D eigenvalue weighted by atomic mass is 19.4. The molecule has 0 atom stereocenters. The van der Waals surface area contributed by atoms with E-state index in [1.54, 1.807) is 24.3 Å². The Balaban J connectivity index is 1.77. The van der Waals surface area contributed by atoms with Crippen LogP contribution in [0.25, 0.3) is 11.1 Å². The minimum absolute atomic E-state index is 0.0360. The molecule has 4 aromatic carbocycles. The van der Waals surface area contributed by atoms with Crippen molar-refractivity contribution in [3.05, 3.63) is 103 Å². The third kappa shape index (κ3) is 5.00. The van der Waals surface area contributed by atoms with Crippen LogP contribution in [0.1, 0.15) is 5.56 Å². The summed E-state index contributed by atoms with van der Waals surface area (Å²) in [6.07, 6.45) is -11.8. The molecular weight excluding hydrogens is 498 g/mol. The van der Waals surface area contributed by atoms with Gasteiger partial charge in [0.2, 0.25) is 0 Å². The molecule has 37 heavy (non-hydrogen) atoms. The highest BCUT2D eigenvalue weighted by molar-refractivity contribution is 5.80. The Hall–Kier alpha value is -4.34. The lowest BCUT2D eigenvalue weighted by Crippen LogP contribution is -2.58. The third-order valence-corrected chi connectivity index (χ3v) is 5.58. The first-order chi connectivity index (χ1) is 17.4. The van der Waals surface area contributed by atoms with Crippen LogP contribution in [0.4, 0.5) is 37.7 Å². The number of anilines is 2. The highest BCUT2D eigenvalue weighted by Gasteiger charge is 2.75. The van der Waals surface area contributed by atoms with Gasteiger partial charge in [-0.3, -0.25) is 0 Å². The van der Waals surface area contributed by atoms with Crippen molar-refractivity contribution in [2.24, 2.45) is 0 Å². The lowest BCUT2D eigenvalue weighted by molar-refractivity contribution is -0.364. The lowest BCUT2D eigenvalue weighted by Gasteiger charge is -2.38. The van der Waals surface area contributed by atoms with Crippen molar-refractivity contribution in [3.8, 4) is 28.4 Å². The second-order valence-electron chi connectivity index (χ2n) is 8.05. The fraction of sp³-hybridized carbons (Fsp3) is 0.111. The fourth-order valence-corrected chi connectivity index (χ4v) is 3.80. The molecule has 0 amide bonds. The van der Waals surface area contributed by atoms with Gasteiger partial charge in [-0.25, -0.2) is 0 Å². The van der Waals surface area contributed by atoms with Gasteiger partial charge in [-0.1, -0.05) is 48.5 Å². The molecule has 0 bridgehead atoms. The summed E-state index contributed by atoms with van der Waals surface area (Å²) in [6, 6.07) is 21.6. The quantitative estimate of drug-likeness (QED) is 0.203. The summed E-state index contributed by atoms with van der Waals surface area (Å²) in [5.41, 5.74) is 5.73. The van der Waals surface area contributed by atoms with Crippen molar-refractivity contribution < 1.29 is 35.8 Å². The summed E-state index contributed by atoms with van der Waals surface area (Å²) in [4.78, 5) is 0. The highest BCUT2D eigenvalue weighted by Crippen LogP contribution is 2.55. The Bertz CT molecular complexity index is 1340. The van der Waals surface area contributed by atoms with E-state index >= 15 is 0 Å². The van der Waals surface area contributed by atoms with Crippen LogP contribution in [-0.4, -0.2) is 12.4 Å². The largest absolute Gasteiger partial charge is 0.464 e. The summed E-state index contributed by atoms with van der Waals surface area (Å²) >= 11 is 0. The normalized spacial score (nSPS) is 12.3. The fourth-order valence-electron chi connectivity index (χ4n) is 3.80. The summed E-state index contributed by atoms with van der Waals surface area (Å²) < 4.78 is 96.3. The molecule has 0 fully saturated rings. The molecule has 0 aliphatic rings. The molecule has 4 N–H and O–H groups in total. The Labute approximate surface area is 208 Å². The number of nitrogen functional groups attached to an aromatic ring is 2. The molecule has 4 rings (SSSR count). The topological polar surface area (TPSA) is 70.5 Å². The van der Waals surface area contributed by atoms with Crippen LogP contribution in [0.15, 0.2) is 97.1 Å². The van der Waals surface area contributed by atoms with Crippen LogP contribution in [-0.2, 0) is 5.60 Å². The van der Waals surface area contributed by atoms with Crippen molar-refractivity contribution in [1.82, 2.24) is 0 Å². The van der Waals surface area contributed by atoms with E-state index in [1.807, 2.05) is 0 Å². The van der Waals surface area contributed by atoms with Crippen LogP contribution in [0.3, 0.4) is 0 Å². The average Bonchev–Trinajstić information content (AvgIpc) is 2.84. The first-order valence-corrected chi connectivity index (χ1v) is 10.8. The minimum Gasteiger partial charge on any atom is -0.464 e. The molecule has 0 saturated carbocycles. The Morgan fingerprint density at radius 3 is 1.62 bits per heavy atom. The van der Waals surface area contributed by atoms with E-state index in [0.717, 1.165) is 18.2 Å². The van der Waals surface area contributed by atoms with E-state index < -0.39 is 35.0 Å². The number of hydrogen-bond donors (Lipinski definition) is 2. The summed E-state index contributed by atoms with van der Waals surface area (Å²) in [7, 11) is 0. The molecule has 0 spiro atoms. The predicted octanol–water partition coefficient (Wildman–Crippen LogP) is 7.71.